The number of ether oxygens (including phenoxy) is 1. The number of amides is 1. The summed E-state index contributed by atoms with van der Waals surface area (Å²) in [7, 11) is 0. The molecule has 0 aromatic heterocycles. The van der Waals surface area contributed by atoms with Gasteiger partial charge in [0.25, 0.3) is 0 Å². The van der Waals surface area contributed by atoms with Crippen molar-refractivity contribution in [2.75, 3.05) is 26.2 Å². The summed E-state index contributed by atoms with van der Waals surface area (Å²) >= 11 is 0. The molecule has 0 saturated carbocycles. The van der Waals surface area contributed by atoms with Gasteiger partial charge in [-0.05, 0) is 43.4 Å². The first-order valence-corrected chi connectivity index (χ1v) is 8.04. The molecule has 3 heterocycles. The number of nitrogens with zero attached hydrogens (tertiary/aromatic N) is 1. The van der Waals surface area contributed by atoms with Gasteiger partial charge in [0.05, 0.1) is 5.92 Å². The first kappa shape index (κ1) is 13.1. The van der Waals surface area contributed by atoms with E-state index in [0.717, 1.165) is 38.2 Å². The van der Waals surface area contributed by atoms with Crippen molar-refractivity contribution in [3.63, 3.8) is 0 Å². The highest BCUT2D eigenvalue weighted by Crippen LogP contribution is 2.30. The number of carbonyl (C=O) groups excluding carboxylic acids is 1. The minimum absolute atomic E-state index is 0.00851. The molecule has 4 rings (SSSR count). The van der Waals surface area contributed by atoms with Crippen molar-refractivity contribution in [3.8, 4) is 5.75 Å². The standard InChI is InChI=1S/C17H22N2O2/c20-17(19-8-6-15-13(10-19)5-7-18-15)14-9-12-3-1-2-4-16(12)21-11-14/h1-4,13-15,18H,5-11H2. The normalized spacial score (nSPS) is 31.2. The van der Waals surface area contributed by atoms with Gasteiger partial charge in [0, 0.05) is 19.1 Å². The van der Waals surface area contributed by atoms with Gasteiger partial charge < -0.3 is 15.0 Å². The molecule has 3 atom stereocenters. The maximum absolute atomic E-state index is 12.8. The van der Waals surface area contributed by atoms with Gasteiger partial charge in [-0.2, -0.15) is 0 Å². The van der Waals surface area contributed by atoms with Crippen LogP contribution in [0.1, 0.15) is 18.4 Å². The molecule has 4 heteroatoms. The average Bonchev–Trinajstić information content (AvgIpc) is 3.01. The molecular formula is C17H22N2O2. The van der Waals surface area contributed by atoms with E-state index in [1.165, 1.54) is 12.0 Å². The van der Waals surface area contributed by atoms with Crippen LogP contribution in [0.25, 0.3) is 0 Å². The lowest BCUT2D eigenvalue weighted by Gasteiger charge is -2.37. The molecule has 1 aromatic carbocycles. The number of rotatable bonds is 1. The third kappa shape index (κ3) is 2.42. The van der Waals surface area contributed by atoms with Crippen LogP contribution in [0.5, 0.6) is 5.75 Å². The summed E-state index contributed by atoms with van der Waals surface area (Å²) in [4.78, 5) is 14.9. The number of para-hydroxylation sites is 1. The molecule has 0 spiro atoms. The van der Waals surface area contributed by atoms with E-state index in [1.54, 1.807) is 0 Å². The summed E-state index contributed by atoms with van der Waals surface area (Å²) in [6.07, 6.45) is 3.12. The third-order valence-electron chi connectivity index (χ3n) is 5.20. The Morgan fingerprint density at radius 2 is 2.19 bits per heavy atom. The quantitative estimate of drug-likeness (QED) is 0.849. The van der Waals surface area contributed by atoms with E-state index in [4.69, 9.17) is 4.74 Å². The molecule has 1 N–H and O–H groups in total. The van der Waals surface area contributed by atoms with Crippen molar-refractivity contribution in [1.82, 2.24) is 10.2 Å². The van der Waals surface area contributed by atoms with Gasteiger partial charge in [-0.3, -0.25) is 4.79 Å². The number of benzene rings is 1. The minimum atomic E-state index is -0.00851. The Morgan fingerprint density at radius 1 is 1.29 bits per heavy atom. The van der Waals surface area contributed by atoms with Gasteiger partial charge in [-0.15, -0.1) is 0 Å². The maximum atomic E-state index is 12.8. The van der Waals surface area contributed by atoms with Crippen LogP contribution in [0.4, 0.5) is 0 Å². The first-order chi connectivity index (χ1) is 10.3. The molecule has 112 valence electrons. The lowest BCUT2D eigenvalue weighted by Crippen LogP contribution is -2.50. The third-order valence-corrected chi connectivity index (χ3v) is 5.20. The van der Waals surface area contributed by atoms with Crippen molar-refractivity contribution in [3.05, 3.63) is 29.8 Å². The van der Waals surface area contributed by atoms with Crippen LogP contribution >= 0.6 is 0 Å². The Morgan fingerprint density at radius 3 is 3.14 bits per heavy atom. The second-order valence-electron chi connectivity index (χ2n) is 6.50. The SMILES string of the molecule is O=C(C1COc2ccccc2C1)N1CCC2NCCC2C1. The van der Waals surface area contributed by atoms with Crippen molar-refractivity contribution >= 4 is 5.91 Å². The summed E-state index contributed by atoms with van der Waals surface area (Å²) in [6.45, 7) is 3.45. The molecule has 1 aromatic rings. The maximum Gasteiger partial charge on any atom is 0.229 e. The van der Waals surface area contributed by atoms with Crippen molar-refractivity contribution in [1.29, 1.82) is 0 Å². The lowest BCUT2D eigenvalue weighted by molar-refractivity contribution is -0.138. The van der Waals surface area contributed by atoms with E-state index < -0.39 is 0 Å². The van der Waals surface area contributed by atoms with Crippen molar-refractivity contribution in [2.24, 2.45) is 11.8 Å². The predicted molar refractivity (Wildman–Crippen MR) is 80.2 cm³/mol. The van der Waals surface area contributed by atoms with E-state index in [-0.39, 0.29) is 11.8 Å². The number of hydrogen-bond donors (Lipinski definition) is 1. The molecule has 3 aliphatic heterocycles. The monoisotopic (exact) mass is 286 g/mol. The smallest absolute Gasteiger partial charge is 0.229 e. The number of likely N-dealkylation sites (tertiary alicyclic amines) is 1. The highest BCUT2D eigenvalue weighted by molar-refractivity contribution is 5.80. The highest BCUT2D eigenvalue weighted by atomic mass is 16.5. The Balaban J connectivity index is 1.44. The van der Waals surface area contributed by atoms with E-state index >= 15 is 0 Å². The van der Waals surface area contributed by atoms with Crippen LogP contribution in [0.2, 0.25) is 0 Å². The molecule has 4 nitrogen and oxygen atoms in total. The molecule has 3 unspecified atom stereocenters. The molecule has 2 fully saturated rings. The first-order valence-electron chi connectivity index (χ1n) is 8.04. The zero-order chi connectivity index (χ0) is 14.2. The van der Waals surface area contributed by atoms with Crippen LogP contribution in [-0.2, 0) is 11.2 Å². The Kier molecular flexibility index (Phi) is 3.34. The fourth-order valence-electron chi connectivity index (χ4n) is 3.99. The van der Waals surface area contributed by atoms with Crippen LogP contribution in [0, 0.1) is 11.8 Å². The summed E-state index contributed by atoms with van der Waals surface area (Å²) in [5.41, 5.74) is 1.17. The molecule has 2 saturated heterocycles. The van der Waals surface area contributed by atoms with Gasteiger partial charge in [0.2, 0.25) is 5.91 Å². The van der Waals surface area contributed by atoms with Crippen LogP contribution in [0.15, 0.2) is 24.3 Å². The number of carbonyl (C=O) groups is 1. The molecule has 0 bridgehead atoms. The van der Waals surface area contributed by atoms with Crippen LogP contribution < -0.4 is 10.1 Å². The summed E-state index contributed by atoms with van der Waals surface area (Å²) in [6, 6.07) is 8.70. The zero-order valence-electron chi connectivity index (χ0n) is 12.3. The Labute approximate surface area is 125 Å². The Bertz CT molecular complexity index is 545. The summed E-state index contributed by atoms with van der Waals surface area (Å²) < 4.78 is 5.77. The van der Waals surface area contributed by atoms with E-state index in [9.17, 15) is 4.79 Å². The van der Waals surface area contributed by atoms with Crippen LogP contribution in [-0.4, -0.2) is 43.1 Å². The predicted octanol–water partition coefficient (Wildman–Crippen LogP) is 1.45. The lowest BCUT2D eigenvalue weighted by atomic mass is 9.90. The second kappa shape index (κ2) is 5.34. The average molecular weight is 286 g/mol. The van der Waals surface area contributed by atoms with Gasteiger partial charge in [-0.25, -0.2) is 0 Å². The zero-order valence-corrected chi connectivity index (χ0v) is 12.3. The molecule has 0 aliphatic carbocycles. The molecule has 3 aliphatic rings. The summed E-state index contributed by atoms with van der Waals surface area (Å²) in [5, 5.41) is 3.55. The number of hydrogen-bond acceptors (Lipinski definition) is 3. The van der Waals surface area contributed by atoms with Crippen LogP contribution in [0.3, 0.4) is 0 Å². The van der Waals surface area contributed by atoms with Gasteiger partial charge in [0.15, 0.2) is 0 Å². The van der Waals surface area contributed by atoms with E-state index in [1.807, 2.05) is 18.2 Å². The van der Waals surface area contributed by atoms with Gasteiger partial charge in [-0.1, -0.05) is 18.2 Å². The largest absolute Gasteiger partial charge is 0.492 e. The topological polar surface area (TPSA) is 41.6 Å². The summed E-state index contributed by atoms with van der Waals surface area (Å²) in [5.74, 6) is 1.88. The number of piperidine rings is 1. The van der Waals surface area contributed by atoms with Crippen molar-refractivity contribution in [2.45, 2.75) is 25.3 Å². The van der Waals surface area contributed by atoms with E-state index in [2.05, 4.69) is 16.3 Å². The number of nitrogens with one attached hydrogen (secondary N) is 1. The van der Waals surface area contributed by atoms with Gasteiger partial charge >= 0.3 is 0 Å². The molecule has 21 heavy (non-hydrogen) atoms. The number of fused-ring (bicyclic) bond motifs is 2. The fraction of sp³-hybridized carbons (Fsp3) is 0.588. The molecule has 1 amide bonds. The second-order valence-corrected chi connectivity index (χ2v) is 6.50. The van der Waals surface area contributed by atoms with E-state index in [0.29, 0.717) is 18.6 Å². The highest BCUT2D eigenvalue weighted by Gasteiger charge is 2.37. The fourth-order valence-corrected chi connectivity index (χ4v) is 3.99. The molecule has 0 radical (unpaired) electrons. The Hall–Kier alpha value is -1.55. The van der Waals surface area contributed by atoms with Crippen molar-refractivity contribution < 1.29 is 9.53 Å². The minimum Gasteiger partial charge on any atom is -0.492 e. The van der Waals surface area contributed by atoms with Gasteiger partial charge in [0.1, 0.15) is 12.4 Å². The molecular weight excluding hydrogens is 264 g/mol.